The lowest BCUT2D eigenvalue weighted by Crippen LogP contribution is -2.13. The van der Waals surface area contributed by atoms with Gasteiger partial charge in [-0.15, -0.1) is 11.8 Å². The predicted octanol–water partition coefficient (Wildman–Crippen LogP) is 2.41. The quantitative estimate of drug-likeness (QED) is 0.570. The van der Waals surface area contributed by atoms with Crippen molar-refractivity contribution in [1.82, 2.24) is 5.32 Å². The fourth-order valence-electron chi connectivity index (χ4n) is 1.34. The van der Waals surface area contributed by atoms with Gasteiger partial charge < -0.3 is 10.4 Å². The molecule has 0 spiro atoms. The largest absolute Gasteiger partial charge is 0.396 e. The fraction of sp³-hybridized carbons (Fsp3) is 0.500. The highest BCUT2D eigenvalue weighted by molar-refractivity contribution is 7.99. The summed E-state index contributed by atoms with van der Waals surface area (Å²) >= 11 is 1.34. The molecule has 0 aliphatic heterocycles. The van der Waals surface area contributed by atoms with Crippen LogP contribution in [0.25, 0.3) is 0 Å². The number of rotatable bonds is 7. The van der Waals surface area contributed by atoms with Gasteiger partial charge in [0.1, 0.15) is 5.82 Å². The molecule has 2 N–H and O–H groups in total. The summed E-state index contributed by atoms with van der Waals surface area (Å²) in [6.45, 7) is 3.82. The van der Waals surface area contributed by atoms with E-state index in [-0.39, 0.29) is 12.4 Å². The van der Waals surface area contributed by atoms with Crippen molar-refractivity contribution in [2.24, 2.45) is 0 Å². The van der Waals surface area contributed by atoms with Gasteiger partial charge in [-0.25, -0.2) is 4.39 Å². The molecule has 0 amide bonds. The molecule has 0 atom stereocenters. The van der Waals surface area contributed by atoms with Crippen LogP contribution in [0.1, 0.15) is 18.9 Å². The Morgan fingerprint density at radius 1 is 1.44 bits per heavy atom. The average molecular weight is 243 g/mol. The van der Waals surface area contributed by atoms with Crippen molar-refractivity contribution < 1.29 is 9.50 Å². The number of halogens is 1. The molecule has 0 saturated heterocycles. The maximum absolute atomic E-state index is 13.6. The summed E-state index contributed by atoms with van der Waals surface area (Å²) in [6, 6.07) is 5.26. The van der Waals surface area contributed by atoms with E-state index in [0.717, 1.165) is 18.5 Å². The number of nitrogens with one attached hydrogen (secondary N) is 1. The van der Waals surface area contributed by atoms with Crippen molar-refractivity contribution in [3.63, 3.8) is 0 Å². The molecule has 0 bridgehead atoms. The van der Waals surface area contributed by atoms with Crippen molar-refractivity contribution in [3.05, 3.63) is 29.6 Å². The molecule has 0 saturated carbocycles. The number of thioether (sulfide) groups is 1. The van der Waals surface area contributed by atoms with Crippen LogP contribution in [-0.2, 0) is 6.54 Å². The van der Waals surface area contributed by atoms with Gasteiger partial charge in [0, 0.05) is 17.2 Å². The second-order valence-electron chi connectivity index (χ2n) is 3.51. The minimum Gasteiger partial charge on any atom is -0.396 e. The molecule has 90 valence electrons. The van der Waals surface area contributed by atoms with Gasteiger partial charge in [0.05, 0.1) is 6.61 Å². The number of hydrogen-bond acceptors (Lipinski definition) is 3. The Bertz CT molecular complexity index is 320. The third-order valence-electron chi connectivity index (χ3n) is 2.10. The molecule has 1 aromatic rings. The summed E-state index contributed by atoms with van der Waals surface area (Å²) in [5, 5.41) is 11.9. The van der Waals surface area contributed by atoms with Crippen LogP contribution in [0.15, 0.2) is 23.1 Å². The average Bonchev–Trinajstić information content (AvgIpc) is 2.28. The van der Waals surface area contributed by atoms with Crippen molar-refractivity contribution in [1.29, 1.82) is 0 Å². The van der Waals surface area contributed by atoms with E-state index in [9.17, 15) is 4.39 Å². The Hall–Kier alpha value is -0.580. The van der Waals surface area contributed by atoms with Crippen LogP contribution in [0.5, 0.6) is 0 Å². The number of benzene rings is 1. The molecule has 16 heavy (non-hydrogen) atoms. The maximum atomic E-state index is 13.6. The van der Waals surface area contributed by atoms with Gasteiger partial charge >= 0.3 is 0 Å². The molecular formula is C12H18FNOS. The van der Waals surface area contributed by atoms with Crippen molar-refractivity contribution >= 4 is 11.8 Å². The molecular weight excluding hydrogens is 225 g/mol. The van der Waals surface area contributed by atoms with Crippen molar-refractivity contribution in [2.45, 2.75) is 24.8 Å². The van der Waals surface area contributed by atoms with Crippen LogP contribution >= 0.6 is 11.8 Å². The molecule has 0 unspecified atom stereocenters. The van der Waals surface area contributed by atoms with Gasteiger partial charge in [-0.2, -0.15) is 0 Å². The van der Waals surface area contributed by atoms with E-state index < -0.39 is 0 Å². The third kappa shape index (κ3) is 4.51. The molecule has 0 radical (unpaired) electrons. The second kappa shape index (κ2) is 7.65. The zero-order valence-electron chi connectivity index (χ0n) is 9.50. The Morgan fingerprint density at radius 2 is 2.25 bits per heavy atom. The van der Waals surface area contributed by atoms with Gasteiger partial charge in [0.2, 0.25) is 0 Å². The standard InChI is InChI=1S/C12H18FNOS/c1-2-5-14-9-10-3-4-12(11(13)8-10)16-7-6-15/h3-4,8,14-15H,2,5-7,9H2,1H3. The highest BCUT2D eigenvalue weighted by atomic mass is 32.2. The smallest absolute Gasteiger partial charge is 0.137 e. The summed E-state index contributed by atoms with van der Waals surface area (Å²) in [4.78, 5) is 0.605. The lowest BCUT2D eigenvalue weighted by molar-refractivity contribution is 0.322. The summed E-state index contributed by atoms with van der Waals surface area (Å²) in [7, 11) is 0. The number of aliphatic hydroxyl groups is 1. The van der Waals surface area contributed by atoms with E-state index in [2.05, 4.69) is 12.2 Å². The zero-order valence-corrected chi connectivity index (χ0v) is 10.3. The second-order valence-corrected chi connectivity index (χ2v) is 4.65. The Labute approximate surface area is 100 Å². The Balaban J connectivity index is 2.53. The minimum atomic E-state index is -0.200. The number of aliphatic hydroxyl groups excluding tert-OH is 1. The van der Waals surface area contributed by atoms with E-state index in [1.165, 1.54) is 11.8 Å². The van der Waals surface area contributed by atoms with Gasteiger partial charge in [0.25, 0.3) is 0 Å². The molecule has 2 nitrogen and oxygen atoms in total. The summed E-state index contributed by atoms with van der Waals surface area (Å²) in [6.07, 6.45) is 1.08. The molecule has 1 aromatic carbocycles. The molecule has 0 fully saturated rings. The van der Waals surface area contributed by atoms with E-state index in [0.29, 0.717) is 17.2 Å². The van der Waals surface area contributed by atoms with Crippen LogP contribution < -0.4 is 5.32 Å². The highest BCUT2D eigenvalue weighted by Crippen LogP contribution is 2.22. The molecule has 4 heteroatoms. The monoisotopic (exact) mass is 243 g/mol. The van der Waals surface area contributed by atoms with Crippen molar-refractivity contribution in [2.75, 3.05) is 18.9 Å². The van der Waals surface area contributed by atoms with Crippen LogP contribution in [0.4, 0.5) is 4.39 Å². The van der Waals surface area contributed by atoms with Crippen LogP contribution in [-0.4, -0.2) is 24.0 Å². The normalized spacial score (nSPS) is 10.7. The Kier molecular flexibility index (Phi) is 6.45. The first-order chi connectivity index (χ1) is 7.77. The van der Waals surface area contributed by atoms with E-state index in [4.69, 9.17) is 5.11 Å². The third-order valence-corrected chi connectivity index (χ3v) is 3.13. The first-order valence-electron chi connectivity index (χ1n) is 5.50. The SMILES string of the molecule is CCCNCc1ccc(SCCO)c(F)c1. The summed E-state index contributed by atoms with van der Waals surface area (Å²) < 4.78 is 13.6. The molecule has 0 heterocycles. The van der Waals surface area contributed by atoms with Crippen LogP contribution in [0, 0.1) is 5.82 Å². The number of hydrogen-bond donors (Lipinski definition) is 2. The zero-order chi connectivity index (χ0) is 11.8. The topological polar surface area (TPSA) is 32.3 Å². The summed E-state index contributed by atoms with van der Waals surface area (Å²) in [5.74, 6) is 0.332. The Morgan fingerprint density at radius 3 is 2.88 bits per heavy atom. The lowest BCUT2D eigenvalue weighted by Gasteiger charge is -2.06. The van der Waals surface area contributed by atoms with Gasteiger partial charge in [-0.05, 0) is 30.7 Å². The van der Waals surface area contributed by atoms with Gasteiger partial charge in [0.15, 0.2) is 0 Å². The highest BCUT2D eigenvalue weighted by Gasteiger charge is 2.03. The van der Waals surface area contributed by atoms with Crippen molar-refractivity contribution in [3.8, 4) is 0 Å². The maximum Gasteiger partial charge on any atom is 0.137 e. The van der Waals surface area contributed by atoms with E-state index >= 15 is 0 Å². The molecule has 0 aliphatic rings. The fourth-order valence-corrected chi connectivity index (χ4v) is 2.01. The summed E-state index contributed by atoms with van der Waals surface area (Å²) in [5.41, 5.74) is 0.958. The van der Waals surface area contributed by atoms with E-state index in [1.54, 1.807) is 12.1 Å². The molecule has 0 aromatic heterocycles. The van der Waals surface area contributed by atoms with Crippen LogP contribution in [0.3, 0.4) is 0 Å². The first-order valence-corrected chi connectivity index (χ1v) is 6.49. The molecule has 0 aliphatic carbocycles. The molecule has 1 rings (SSSR count). The lowest BCUT2D eigenvalue weighted by atomic mass is 10.2. The van der Waals surface area contributed by atoms with Gasteiger partial charge in [-0.1, -0.05) is 13.0 Å². The predicted molar refractivity (Wildman–Crippen MR) is 66.2 cm³/mol. The van der Waals surface area contributed by atoms with Gasteiger partial charge in [-0.3, -0.25) is 0 Å². The van der Waals surface area contributed by atoms with E-state index in [1.807, 2.05) is 6.07 Å². The van der Waals surface area contributed by atoms with Crippen LogP contribution in [0.2, 0.25) is 0 Å². The first kappa shape index (κ1) is 13.5. The minimum absolute atomic E-state index is 0.0733.